The zero-order valence-corrected chi connectivity index (χ0v) is 22.5. The zero-order chi connectivity index (χ0) is 26.5. The molecule has 8 rings (SSSR count). The summed E-state index contributed by atoms with van der Waals surface area (Å²) in [6.07, 6.45) is 4.02. The van der Waals surface area contributed by atoms with Crippen LogP contribution in [0.5, 0.6) is 0 Å². The molecule has 2 aromatic heterocycles. The maximum atomic E-state index is 4.75. The first-order chi connectivity index (χ1) is 19.8. The van der Waals surface area contributed by atoms with E-state index in [1.807, 2.05) is 23.7 Å². The van der Waals surface area contributed by atoms with Crippen molar-refractivity contribution in [3.05, 3.63) is 146 Å². The predicted molar refractivity (Wildman–Crippen MR) is 172 cm³/mol. The highest BCUT2D eigenvalue weighted by Crippen LogP contribution is 2.46. The summed E-state index contributed by atoms with van der Waals surface area (Å²) in [6.45, 7) is 0. The van der Waals surface area contributed by atoms with Crippen LogP contribution < -0.4 is 4.90 Å². The SMILES string of the molecule is c1ccc(N(c2ccc(-c3cccc4ccccc34)cc2)c2cncc3c2sc2c4ccccc4ccc32)cc1. The molecule has 2 nitrogen and oxygen atoms in total. The maximum Gasteiger partial charge on any atom is 0.0824 e. The van der Waals surface area contributed by atoms with E-state index in [2.05, 4.69) is 138 Å². The molecule has 0 aliphatic heterocycles. The van der Waals surface area contributed by atoms with E-state index in [0.717, 1.165) is 17.1 Å². The van der Waals surface area contributed by atoms with E-state index in [9.17, 15) is 0 Å². The zero-order valence-electron chi connectivity index (χ0n) is 21.7. The predicted octanol–water partition coefficient (Wildman–Crippen LogP) is 10.9. The third-order valence-corrected chi connectivity index (χ3v) is 9.01. The Labute approximate surface area is 236 Å². The van der Waals surface area contributed by atoms with Crippen LogP contribution in [0.3, 0.4) is 0 Å². The van der Waals surface area contributed by atoms with Crippen LogP contribution in [-0.4, -0.2) is 4.98 Å². The number of benzene rings is 6. The van der Waals surface area contributed by atoms with Crippen molar-refractivity contribution in [3.63, 3.8) is 0 Å². The molecule has 188 valence electrons. The highest BCUT2D eigenvalue weighted by atomic mass is 32.1. The lowest BCUT2D eigenvalue weighted by molar-refractivity contribution is 1.26. The average Bonchev–Trinajstić information content (AvgIpc) is 3.42. The summed E-state index contributed by atoms with van der Waals surface area (Å²) in [7, 11) is 0. The van der Waals surface area contributed by atoms with Crippen molar-refractivity contribution in [1.82, 2.24) is 4.98 Å². The van der Waals surface area contributed by atoms with Crippen LogP contribution in [0.25, 0.3) is 52.8 Å². The van der Waals surface area contributed by atoms with Crippen LogP contribution in [0.2, 0.25) is 0 Å². The Bertz CT molecular complexity index is 2160. The minimum atomic E-state index is 1.09. The molecule has 0 radical (unpaired) electrons. The highest BCUT2D eigenvalue weighted by molar-refractivity contribution is 7.27. The van der Waals surface area contributed by atoms with E-state index in [0.29, 0.717) is 0 Å². The fourth-order valence-electron chi connectivity index (χ4n) is 5.83. The van der Waals surface area contributed by atoms with Gasteiger partial charge in [0.15, 0.2) is 0 Å². The smallest absolute Gasteiger partial charge is 0.0824 e. The summed E-state index contributed by atoms with van der Waals surface area (Å²) in [5, 5.41) is 7.52. The largest absolute Gasteiger partial charge is 0.308 e. The molecule has 8 aromatic rings. The molecule has 0 bridgehead atoms. The molecular formula is C37H24N2S. The summed E-state index contributed by atoms with van der Waals surface area (Å²) in [4.78, 5) is 7.08. The number of aromatic nitrogens is 1. The quantitative estimate of drug-likeness (QED) is 0.226. The molecule has 3 heteroatoms. The summed E-state index contributed by atoms with van der Waals surface area (Å²) >= 11 is 1.86. The molecule has 0 atom stereocenters. The first kappa shape index (κ1) is 22.9. The summed E-state index contributed by atoms with van der Waals surface area (Å²) in [5.74, 6) is 0. The summed E-state index contributed by atoms with van der Waals surface area (Å²) in [5.41, 5.74) is 5.75. The van der Waals surface area contributed by atoms with Crippen LogP contribution in [0, 0.1) is 0 Å². The molecule has 0 fully saturated rings. The van der Waals surface area contributed by atoms with E-state index in [4.69, 9.17) is 4.98 Å². The first-order valence-corrected chi connectivity index (χ1v) is 14.3. The second-order valence-corrected chi connectivity index (χ2v) is 11.1. The standard InChI is InChI=1S/C37H24N2S/c1-2-12-28(13-3-1)39(29-20-17-27(18-21-29)31-16-8-11-25-9-4-6-14-30(25)31)35-24-38-23-34-33-22-19-26-10-5-7-15-32(26)36(33)40-37(34)35/h1-24H. The van der Waals surface area contributed by atoms with Gasteiger partial charge in [0.05, 0.1) is 16.6 Å². The molecule has 0 N–H and O–H groups in total. The van der Waals surface area contributed by atoms with E-state index >= 15 is 0 Å². The highest BCUT2D eigenvalue weighted by Gasteiger charge is 2.19. The fraction of sp³-hybridized carbons (Fsp3) is 0. The molecule has 0 amide bonds. The molecule has 0 saturated carbocycles. The lowest BCUT2D eigenvalue weighted by atomic mass is 9.98. The molecule has 0 spiro atoms. The van der Waals surface area contributed by atoms with Gasteiger partial charge in [-0.3, -0.25) is 4.98 Å². The van der Waals surface area contributed by atoms with E-state index in [1.54, 1.807) is 0 Å². The van der Waals surface area contributed by atoms with Gasteiger partial charge in [0.2, 0.25) is 0 Å². The number of para-hydroxylation sites is 1. The molecule has 0 aliphatic carbocycles. The number of rotatable bonds is 4. The van der Waals surface area contributed by atoms with Gasteiger partial charge in [0.1, 0.15) is 0 Å². The lowest BCUT2D eigenvalue weighted by Gasteiger charge is -2.25. The fourth-order valence-corrected chi connectivity index (χ4v) is 7.14. The second-order valence-electron chi connectivity index (χ2n) is 10.0. The lowest BCUT2D eigenvalue weighted by Crippen LogP contribution is -2.10. The summed E-state index contributed by atoms with van der Waals surface area (Å²) < 4.78 is 2.55. The number of hydrogen-bond donors (Lipinski definition) is 0. The van der Waals surface area contributed by atoms with Crippen LogP contribution in [0.1, 0.15) is 0 Å². The van der Waals surface area contributed by atoms with Crippen LogP contribution in [0.4, 0.5) is 17.1 Å². The van der Waals surface area contributed by atoms with Gasteiger partial charge in [-0.2, -0.15) is 0 Å². The van der Waals surface area contributed by atoms with E-state index < -0.39 is 0 Å². The number of pyridine rings is 1. The molecule has 0 saturated heterocycles. The van der Waals surface area contributed by atoms with Gasteiger partial charge >= 0.3 is 0 Å². The average molecular weight is 529 g/mol. The Morgan fingerprint density at radius 3 is 1.95 bits per heavy atom. The molecule has 6 aromatic carbocycles. The Hall–Kier alpha value is -4.99. The van der Waals surface area contributed by atoms with Crippen molar-refractivity contribution >= 4 is 70.1 Å². The van der Waals surface area contributed by atoms with Crippen LogP contribution in [-0.2, 0) is 0 Å². The summed E-state index contributed by atoms with van der Waals surface area (Å²) in [6, 6.07) is 47.7. The first-order valence-electron chi connectivity index (χ1n) is 13.5. The molecule has 2 heterocycles. The monoisotopic (exact) mass is 528 g/mol. The van der Waals surface area contributed by atoms with Gasteiger partial charge in [-0.25, -0.2) is 0 Å². The number of thiophene rings is 1. The van der Waals surface area contributed by atoms with E-state index in [-0.39, 0.29) is 0 Å². The minimum Gasteiger partial charge on any atom is -0.308 e. The Balaban J connectivity index is 1.32. The van der Waals surface area contributed by atoms with E-state index in [1.165, 1.54) is 52.8 Å². The maximum absolute atomic E-state index is 4.75. The Morgan fingerprint density at radius 2 is 1.12 bits per heavy atom. The molecule has 0 unspecified atom stereocenters. The van der Waals surface area contributed by atoms with Crippen molar-refractivity contribution < 1.29 is 0 Å². The van der Waals surface area contributed by atoms with Gasteiger partial charge in [-0.1, -0.05) is 109 Å². The van der Waals surface area contributed by atoms with Gasteiger partial charge in [-0.15, -0.1) is 11.3 Å². The third kappa shape index (κ3) is 3.67. The molecule has 40 heavy (non-hydrogen) atoms. The number of fused-ring (bicyclic) bond motifs is 6. The van der Waals surface area contributed by atoms with Gasteiger partial charge in [0, 0.05) is 33.0 Å². The van der Waals surface area contributed by atoms with Gasteiger partial charge < -0.3 is 4.90 Å². The Morgan fingerprint density at radius 1 is 0.450 bits per heavy atom. The normalized spacial score (nSPS) is 11.5. The third-order valence-electron chi connectivity index (χ3n) is 7.73. The Kier molecular flexibility index (Phi) is 5.35. The van der Waals surface area contributed by atoms with Crippen molar-refractivity contribution in [2.45, 2.75) is 0 Å². The van der Waals surface area contributed by atoms with Crippen LogP contribution >= 0.6 is 11.3 Å². The van der Waals surface area contributed by atoms with Gasteiger partial charge in [-0.05, 0) is 56.9 Å². The minimum absolute atomic E-state index is 1.09. The van der Waals surface area contributed by atoms with Crippen LogP contribution in [0.15, 0.2) is 146 Å². The van der Waals surface area contributed by atoms with Crippen molar-refractivity contribution in [2.24, 2.45) is 0 Å². The number of nitrogens with zero attached hydrogens (tertiary/aromatic N) is 2. The molecule has 0 aliphatic rings. The second kappa shape index (κ2) is 9.33. The molecular weight excluding hydrogens is 504 g/mol. The van der Waals surface area contributed by atoms with Crippen molar-refractivity contribution in [1.29, 1.82) is 0 Å². The topological polar surface area (TPSA) is 16.1 Å². The number of hydrogen-bond acceptors (Lipinski definition) is 3. The van der Waals surface area contributed by atoms with Crippen molar-refractivity contribution in [2.75, 3.05) is 4.90 Å². The van der Waals surface area contributed by atoms with Gasteiger partial charge in [0.25, 0.3) is 0 Å². The van der Waals surface area contributed by atoms with Crippen molar-refractivity contribution in [3.8, 4) is 11.1 Å². The number of anilines is 3.